The topological polar surface area (TPSA) is 85.5 Å². The minimum absolute atomic E-state index is 0.0403. The van der Waals surface area contributed by atoms with Crippen LogP contribution in [0.1, 0.15) is 19.0 Å². The van der Waals surface area contributed by atoms with Gasteiger partial charge in [0, 0.05) is 25.8 Å². The van der Waals surface area contributed by atoms with Crippen LogP contribution >= 0.6 is 0 Å². The Hall–Kier alpha value is -1.02. The standard InChI is InChI=1S/C12H19N3O3S/c1-2-10-9-15(6-7-18-10)19(16,17)12-4-3-5-14-11(12)8-13/h3-5,10H,2,6-9,13H2,1H3. The summed E-state index contributed by atoms with van der Waals surface area (Å²) in [5.41, 5.74) is 5.96. The maximum Gasteiger partial charge on any atom is 0.245 e. The van der Waals surface area contributed by atoms with Gasteiger partial charge in [0.1, 0.15) is 4.90 Å². The Morgan fingerprint density at radius 3 is 3.05 bits per heavy atom. The number of rotatable bonds is 4. The molecule has 1 aliphatic heterocycles. The van der Waals surface area contributed by atoms with Crippen LogP contribution in [0.5, 0.6) is 0 Å². The molecular formula is C12H19N3O3S. The van der Waals surface area contributed by atoms with Crippen molar-refractivity contribution >= 4 is 10.0 Å². The number of hydrogen-bond acceptors (Lipinski definition) is 5. The monoisotopic (exact) mass is 285 g/mol. The predicted octanol–water partition coefficient (Wildman–Crippen LogP) is 0.340. The number of sulfonamides is 1. The molecule has 1 unspecified atom stereocenters. The zero-order valence-electron chi connectivity index (χ0n) is 10.9. The van der Waals surface area contributed by atoms with Gasteiger partial charge in [-0.1, -0.05) is 6.92 Å². The SMILES string of the molecule is CCC1CN(S(=O)(=O)c2cccnc2CN)CCO1. The third-order valence-corrected chi connectivity index (χ3v) is 5.16. The van der Waals surface area contributed by atoms with Gasteiger partial charge in [-0.15, -0.1) is 0 Å². The molecule has 6 nitrogen and oxygen atoms in total. The van der Waals surface area contributed by atoms with Crippen molar-refractivity contribution in [2.24, 2.45) is 5.73 Å². The Morgan fingerprint density at radius 2 is 2.37 bits per heavy atom. The lowest BCUT2D eigenvalue weighted by Gasteiger charge is -2.31. The maximum absolute atomic E-state index is 12.6. The summed E-state index contributed by atoms with van der Waals surface area (Å²) in [6, 6.07) is 3.17. The Morgan fingerprint density at radius 1 is 1.58 bits per heavy atom. The first kappa shape index (κ1) is 14.4. The van der Waals surface area contributed by atoms with Crippen molar-refractivity contribution in [1.29, 1.82) is 0 Å². The summed E-state index contributed by atoms with van der Waals surface area (Å²) in [7, 11) is -3.54. The van der Waals surface area contributed by atoms with E-state index in [1.165, 1.54) is 4.31 Å². The summed E-state index contributed by atoms with van der Waals surface area (Å²) < 4.78 is 32.2. The number of aromatic nitrogens is 1. The second kappa shape index (κ2) is 5.96. The van der Waals surface area contributed by atoms with E-state index in [1.807, 2.05) is 6.92 Å². The van der Waals surface area contributed by atoms with E-state index in [4.69, 9.17) is 10.5 Å². The van der Waals surface area contributed by atoms with Crippen molar-refractivity contribution < 1.29 is 13.2 Å². The lowest BCUT2D eigenvalue weighted by molar-refractivity contribution is -0.00279. The van der Waals surface area contributed by atoms with Gasteiger partial charge in [0.2, 0.25) is 10.0 Å². The minimum Gasteiger partial charge on any atom is -0.375 e. The molecule has 1 fully saturated rings. The van der Waals surface area contributed by atoms with Crippen LogP contribution in [0.25, 0.3) is 0 Å². The van der Waals surface area contributed by atoms with Crippen molar-refractivity contribution in [3.05, 3.63) is 24.0 Å². The Kier molecular flexibility index (Phi) is 4.51. The first-order valence-corrected chi connectivity index (χ1v) is 7.79. The molecule has 0 aromatic carbocycles. The van der Waals surface area contributed by atoms with Crippen LogP contribution in [0.4, 0.5) is 0 Å². The molecule has 0 saturated carbocycles. The maximum atomic E-state index is 12.6. The normalized spacial score (nSPS) is 21.5. The van der Waals surface area contributed by atoms with Gasteiger partial charge >= 0.3 is 0 Å². The van der Waals surface area contributed by atoms with E-state index in [0.717, 1.165) is 6.42 Å². The van der Waals surface area contributed by atoms with E-state index < -0.39 is 10.0 Å². The summed E-state index contributed by atoms with van der Waals surface area (Å²) in [6.45, 7) is 3.28. The van der Waals surface area contributed by atoms with Crippen molar-refractivity contribution in [2.75, 3.05) is 19.7 Å². The molecule has 19 heavy (non-hydrogen) atoms. The van der Waals surface area contributed by atoms with Gasteiger partial charge in [0.25, 0.3) is 0 Å². The minimum atomic E-state index is -3.54. The van der Waals surface area contributed by atoms with E-state index in [-0.39, 0.29) is 17.5 Å². The number of nitrogens with two attached hydrogens (primary N) is 1. The van der Waals surface area contributed by atoms with Crippen molar-refractivity contribution in [2.45, 2.75) is 30.9 Å². The molecule has 1 aromatic rings. The van der Waals surface area contributed by atoms with Crippen LogP contribution in [0.15, 0.2) is 23.2 Å². The highest BCUT2D eigenvalue weighted by atomic mass is 32.2. The third kappa shape index (κ3) is 2.94. The first-order valence-electron chi connectivity index (χ1n) is 6.35. The summed E-state index contributed by atoms with van der Waals surface area (Å²) in [5.74, 6) is 0. The van der Waals surface area contributed by atoms with Gasteiger partial charge in [-0.3, -0.25) is 4.98 Å². The van der Waals surface area contributed by atoms with Gasteiger partial charge < -0.3 is 10.5 Å². The van der Waals surface area contributed by atoms with Gasteiger partial charge in [-0.2, -0.15) is 4.31 Å². The molecule has 1 aromatic heterocycles. The fraction of sp³-hybridized carbons (Fsp3) is 0.583. The number of hydrogen-bond donors (Lipinski definition) is 1. The molecule has 0 spiro atoms. The molecule has 7 heteroatoms. The largest absolute Gasteiger partial charge is 0.375 e. The number of ether oxygens (including phenoxy) is 1. The highest BCUT2D eigenvalue weighted by molar-refractivity contribution is 7.89. The molecule has 2 heterocycles. The van der Waals surface area contributed by atoms with E-state index >= 15 is 0 Å². The average molecular weight is 285 g/mol. The van der Waals surface area contributed by atoms with Crippen LogP contribution in [0.3, 0.4) is 0 Å². The predicted molar refractivity (Wildman–Crippen MR) is 70.9 cm³/mol. The smallest absolute Gasteiger partial charge is 0.245 e. The molecule has 2 N–H and O–H groups in total. The molecule has 106 valence electrons. The fourth-order valence-electron chi connectivity index (χ4n) is 2.11. The van der Waals surface area contributed by atoms with Crippen LogP contribution in [-0.2, 0) is 21.3 Å². The van der Waals surface area contributed by atoms with Crippen molar-refractivity contribution in [3.63, 3.8) is 0 Å². The zero-order chi connectivity index (χ0) is 13.9. The lowest BCUT2D eigenvalue weighted by Crippen LogP contribution is -2.45. The second-order valence-electron chi connectivity index (χ2n) is 4.42. The third-order valence-electron chi connectivity index (χ3n) is 3.22. The van der Waals surface area contributed by atoms with Crippen LogP contribution in [-0.4, -0.2) is 43.5 Å². The molecule has 0 amide bonds. The first-order chi connectivity index (χ1) is 9.09. The molecule has 1 saturated heterocycles. The number of morpholine rings is 1. The number of pyridine rings is 1. The Labute approximate surface area is 113 Å². The molecule has 1 aliphatic rings. The molecular weight excluding hydrogens is 266 g/mol. The van der Waals surface area contributed by atoms with Crippen molar-refractivity contribution in [1.82, 2.24) is 9.29 Å². The van der Waals surface area contributed by atoms with Gasteiger partial charge in [-0.05, 0) is 18.6 Å². The van der Waals surface area contributed by atoms with E-state index in [9.17, 15) is 8.42 Å². The van der Waals surface area contributed by atoms with Crippen LogP contribution < -0.4 is 5.73 Å². The summed E-state index contributed by atoms with van der Waals surface area (Å²) in [6.07, 6.45) is 2.31. The van der Waals surface area contributed by atoms with E-state index in [0.29, 0.717) is 25.4 Å². The summed E-state index contributed by atoms with van der Waals surface area (Å²) in [4.78, 5) is 4.24. The molecule has 0 radical (unpaired) electrons. The number of nitrogens with zero attached hydrogens (tertiary/aromatic N) is 2. The van der Waals surface area contributed by atoms with Gasteiger partial charge in [0.15, 0.2) is 0 Å². The molecule has 2 rings (SSSR count). The molecule has 1 atom stereocenters. The fourth-order valence-corrected chi connectivity index (χ4v) is 3.75. The Balaban J connectivity index is 2.31. The van der Waals surface area contributed by atoms with Crippen molar-refractivity contribution in [3.8, 4) is 0 Å². The lowest BCUT2D eigenvalue weighted by atomic mass is 10.2. The van der Waals surface area contributed by atoms with Gasteiger partial charge in [0.05, 0.1) is 18.4 Å². The highest BCUT2D eigenvalue weighted by Gasteiger charge is 2.31. The van der Waals surface area contributed by atoms with Crippen LogP contribution in [0.2, 0.25) is 0 Å². The van der Waals surface area contributed by atoms with E-state index in [2.05, 4.69) is 4.98 Å². The Bertz CT molecular complexity index is 533. The zero-order valence-corrected chi connectivity index (χ0v) is 11.8. The molecule has 0 bridgehead atoms. The van der Waals surface area contributed by atoms with Crippen LogP contribution in [0, 0.1) is 0 Å². The summed E-state index contributed by atoms with van der Waals surface area (Å²) >= 11 is 0. The molecule has 0 aliphatic carbocycles. The highest BCUT2D eigenvalue weighted by Crippen LogP contribution is 2.21. The summed E-state index contributed by atoms with van der Waals surface area (Å²) in [5, 5.41) is 0. The second-order valence-corrected chi connectivity index (χ2v) is 6.32. The average Bonchev–Trinajstić information content (AvgIpc) is 2.47. The quantitative estimate of drug-likeness (QED) is 0.862. The van der Waals surface area contributed by atoms with Gasteiger partial charge in [-0.25, -0.2) is 8.42 Å². The van der Waals surface area contributed by atoms with E-state index in [1.54, 1.807) is 18.3 Å².